The van der Waals surface area contributed by atoms with E-state index in [4.69, 9.17) is 0 Å². The zero-order chi connectivity index (χ0) is 14.3. The quantitative estimate of drug-likeness (QED) is 0.738. The van der Waals surface area contributed by atoms with Crippen molar-refractivity contribution < 1.29 is 4.79 Å². The molecule has 0 aromatic heterocycles. The van der Waals surface area contributed by atoms with E-state index in [1.807, 2.05) is 13.8 Å². The molecule has 1 heterocycles. The Hall–Kier alpha value is -0.610. The second-order valence-corrected chi connectivity index (χ2v) is 5.83. The zero-order valence-electron chi connectivity index (χ0n) is 13.0. The van der Waals surface area contributed by atoms with Gasteiger partial charge in [0.25, 0.3) is 0 Å². The average Bonchev–Trinajstić information content (AvgIpc) is 2.44. The van der Waals surface area contributed by atoms with Crippen molar-refractivity contribution in [2.24, 2.45) is 5.92 Å². The van der Waals surface area contributed by atoms with Crippen LogP contribution in [0, 0.1) is 5.92 Å². The van der Waals surface area contributed by atoms with Crippen LogP contribution in [0.3, 0.4) is 0 Å². The van der Waals surface area contributed by atoms with Crippen LogP contribution in [0.25, 0.3) is 0 Å². The molecule has 2 atom stereocenters. The molecular weight excluding hydrogens is 238 g/mol. The summed E-state index contributed by atoms with van der Waals surface area (Å²) >= 11 is 0. The van der Waals surface area contributed by atoms with Crippen LogP contribution in [0.15, 0.2) is 0 Å². The monoisotopic (exact) mass is 269 g/mol. The van der Waals surface area contributed by atoms with Crippen LogP contribution in [0.1, 0.15) is 47.0 Å². The SMILES string of the molecule is CCC(C)NC(=O)C(C)NCC1CCN(CC)CC1. The van der Waals surface area contributed by atoms with E-state index >= 15 is 0 Å². The van der Waals surface area contributed by atoms with Crippen molar-refractivity contribution in [1.29, 1.82) is 0 Å². The fourth-order valence-corrected chi connectivity index (χ4v) is 2.41. The van der Waals surface area contributed by atoms with Crippen LogP contribution < -0.4 is 10.6 Å². The molecule has 0 aromatic rings. The standard InChI is InChI=1S/C15H31N3O/c1-5-12(3)17-15(19)13(4)16-11-14-7-9-18(6-2)10-8-14/h12-14,16H,5-11H2,1-4H3,(H,17,19). The molecule has 0 spiro atoms. The third-order valence-electron chi connectivity index (χ3n) is 4.26. The number of amides is 1. The van der Waals surface area contributed by atoms with Gasteiger partial charge in [0.1, 0.15) is 0 Å². The number of carbonyl (C=O) groups is 1. The summed E-state index contributed by atoms with van der Waals surface area (Å²) in [6.07, 6.45) is 3.48. The molecule has 4 heteroatoms. The summed E-state index contributed by atoms with van der Waals surface area (Å²) in [6.45, 7) is 12.8. The van der Waals surface area contributed by atoms with Gasteiger partial charge in [0.05, 0.1) is 6.04 Å². The molecule has 1 fully saturated rings. The Morgan fingerprint density at radius 2 is 1.89 bits per heavy atom. The summed E-state index contributed by atoms with van der Waals surface area (Å²) in [4.78, 5) is 14.4. The first-order valence-corrected chi connectivity index (χ1v) is 7.82. The van der Waals surface area contributed by atoms with Crippen LogP contribution in [0.5, 0.6) is 0 Å². The first kappa shape index (κ1) is 16.4. The molecule has 2 unspecified atom stereocenters. The molecule has 1 rings (SSSR count). The Morgan fingerprint density at radius 3 is 2.42 bits per heavy atom. The largest absolute Gasteiger partial charge is 0.352 e. The molecule has 1 aliphatic rings. The minimum Gasteiger partial charge on any atom is -0.352 e. The van der Waals surface area contributed by atoms with Gasteiger partial charge in [0, 0.05) is 6.04 Å². The molecule has 2 N–H and O–H groups in total. The minimum atomic E-state index is -0.0850. The molecule has 0 radical (unpaired) electrons. The summed E-state index contributed by atoms with van der Waals surface area (Å²) in [5.41, 5.74) is 0. The fraction of sp³-hybridized carbons (Fsp3) is 0.933. The van der Waals surface area contributed by atoms with Crippen LogP contribution >= 0.6 is 0 Å². The van der Waals surface area contributed by atoms with E-state index in [1.165, 1.54) is 25.9 Å². The normalized spacial score (nSPS) is 21.1. The highest BCUT2D eigenvalue weighted by Gasteiger charge is 2.20. The van der Waals surface area contributed by atoms with Gasteiger partial charge in [0.2, 0.25) is 5.91 Å². The number of nitrogens with one attached hydrogen (secondary N) is 2. The van der Waals surface area contributed by atoms with Crippen molar-refractivity contribution in [2.45, 2.75) is 59.0 Å². The lowest BCUT2D eigenvalue weighted by Crippen LogP contribution is -2.47. The van der Waals surface area contributed by atoms with Gasteiger partial charge in [-0.2, -0.15) is 0 Å². The number of piperidine rings is 1. The van der Waals surface area contributed by atoms with E-state index in [9.17, 15) is 4.79 Å². The molecule has 0 bridgehead atoms. The van der Waals surface area contributed by atoms with Crippen LogP contribution in [-0.4, -0.2) is 49.1 Å². The maximum atomic E-state index is 11.9. The van der Waals surface area contributed by atoms with Gasteiger partial charge in [-0.15, -0.1) is 0 Å². The summed E-state index contributed by atoms with van der Waals surface area (Å²) in [7, 11) is 0. The smallest absolute Gasteiger partial charge is 0.237 e. The van der Waals surface area contributed by atoms with E-state index in [0.29, 0.717) is 0 Å². The molecule has 4 nitrogen and oxygen atoms in total. The van der Waals surface area contributed by atoms with Gasteiger partial charge in [-0.05, 0) is 65.2 Å². The Labute approximate surface area is 118 Å². The molecule has 1 amide bonds. The number of carbonyl (C=O) groups excluding carboxylic acids is 1. The molecule has 1 saturated heterocycles. The number of hydrogen-bond donors (Lipinski definition) is 2. The lowest BCUT2D eigenvalue weighted by atomic mass is 9.96. The van der Waals surface area contributed by atoms with Gasteiger partial charge < -0.3 is 15.5 Å². The molecule has 0 saturated carbocycles. The van der Waals surface area contributed by atoms with Crippen molar-refractivity contribution in [1.82, 2.24) is 15.5 Å². The topological polar surface area (TPSA) is 44.4 Å². The Balaban J connectivity index is 2.19. The highest BCUT2D eigenvalue weighted by atomic mass is 16.2. The third kappa shape index (κ3) is 5.91. The Morgan fingerprint density at radius 1 is 1.26 bits per heavy atom. The second kappa shape index (κ2) is 8.54. The van der Waals surface area contributed by atoms with Crippen LogP contribution in [0.4, 0.5) is 0 Å². The van der Waals surface area contributed by atoms with Crippen LogP contribution in [0.2, 0.25) is 0 Å². The van der Waals surface area contributed by atoms with Gasteiger partial charge in [-0.3, -0.25) is 4.79 Å². The molecule has 0 aliphatic carbocycles. The summed E-state index contributed by atoms with van der Waals surface area (Å²) < 4.78 is 0. The summed E-state index contributed by atoms with van der Waals surface area (Å²) in [6, 6.07) is 0.183. The van der Waals surface area contributed by atoms with Crippen molar-refractivity contribution in [3.63, 3.8) is 0 Å². The van der Waals surface area contributed by atoms with Gasteiger partial charge in [-0.25, -0.2) is 0 Å². The molecule has 19 heavy (non-hydrogen) atoms. The van der Waals surface area contributed by atoms with E-state index in [2.05, 4.69) is 29.4 Å². The Kier molecular flexibility index (Phi) is 7.39. The predicted molar refractivity (Wildman–Crippen MR) is 80.2 cm³/mol. The molecule has 0 aromatic carbocycles. The lowest BCUT2D eigenvalue weighted by Gasteiger charge is -2.31. The summed E-state index contributed by atoms with van der Waals surface area (Å²) in [5.74, 6) is 0.849. The van der Waals surface area contributed by atoms with Crippen LogP contribution in [-0.2, 0) is 4.79 Å². The van der Waals surface area contributed by atoms with Crippen molar-refractivity contribution in [2.75, 3.05) is 26.2 Å². The van der Waals surface area contributed by atoms with E-state index in [-0.39, 0.29) is 18.0 Å². The van der Waals surface area contributed by atoms with E-state index in [1.54, 1.807) is 0 Å². The number of hydrogen-bond acceptors (Lipinski definition) is 3. The maximum absolute atomic E-state index is 11.9. The lowest BCUT2D eigenvalue weighted by molar-refractivity contribution is -0.123. The highest BCUT2D eigenvalue weighted by molar-refractivity contribution is 5.81. The first-order valence-electron chi connectivity index (χ1n) is 7.82. The fourth-order valence-electron chi connectivity index (χ4n) is 2.41. The van der Waals surface area contributed by atoms with Crippen molar-refractivity contribution >= 4 is 5.91 Å². The maximum Gasteiger partial charge on any atom is 0.237 e. The van der Waals surface area contributed by atoms with E-state index in [0.717, 1.165) is 25.4 Å². The first-order chi connectivity index (χ1) is 9.06. The second-order valence-electron chi connectivity index (χ2n) is 5.83. The highest BCUT2D eigenvalue weighted by Crippen LogP contribution is 2.15. The molecule has 112 valence electrons. The summed E-state index contributed by atoms with van der Waals surface area (Å²) in [5, 5.41) is 6.41. The average molecular weight is 269 g/mol. The van der Waals surface area contributed by atoms with Gasteiger partial charge in [0.15, 0.2) is 0 Å². The Bertz CT molecular complexity index is 262. The molecule has 1 aliphatic heterocycles. The number of rotatable bonds is 7. The number of likely N-dealkylation sites (tertiary alicyclic amines) is 1. The minimum absolute atomic E-state index is 0.0850. The predicted octanol–water partition coefficient (Wildman–Crippen LogP) is 1.61. The van der Waals surface area contributed by atoms with Crippen molar-refractivity contribution in [3.8, 4) is 0 Å². The van der Waals surface area contributed by atoms with Gasteiger partial charge in [-0.1, -0.05) is 13.8 Å². The third-order valence-corrected chi connectivity index (χ3v) is 4.26. The van der Waals surface area contributed by atoms with E-state index < -0.39 is 0 Å². The van der Waals surface area contributed by atoms with Gasteiger partial charge >= 0.3 is 0 Å². The zero-order valence-corrected chi connectivity index (χ0v) is 13.0. The molecular formula is C15H31N3O. The van der Waals surface area contributed by atoms with Crippen molar-refractivity contribution in [3.05, 3.63) is 0 Å². The number of nitrogens with zero attached hydrogens (tertiary/aromatic N) is 1.